The molecule has 0 spiro atoms. The molecule has 9 nitrogen and oxygen atoms in total. The third-order valence-electron chi connectivity index (χ3n) is 4.47. The average molecular weight is 460 g/mol. The summed E-state index contributed by atoms with van der Waals surface area (Å²) in [5.74, 6) is -0.419. The van der Waals surface area contributed by atoms with E-state index in [0.29, 0.717) is 24.7 Å². The number of rotatable bonds is 10. The topological polar surface area (TPSA) is 112 Å². The summed E-state index contributed by atoms with van der Waals surface area (Å²) < 4.78 is 16.8. The zero-order chi connectivity index (χ0) is 23.1. The number of hydrogen-bond acceptors (Lipinski definition) is 6. The van der Waals surface area contributed by atoms with E-state index in [-0.39, 0.29) is 28.6 Å². The highest BCUT2D eigenvalue weighted by Crippen LogP contribution is 2.26. The molecule has 32 heavy (non-hydrogen) atoms. The van der Waals surface area contributed by atoms with Crippen LogP contribution in [0.25, 0.3) is 0 Å². The van der Waals surface area contributed by atoms with Gasteiger partial charge in [-0.25, -0.2) is 4.79 Å². The van der Waals surface area contributed by atoms with Crippen molar-refractivity contribution in [3.8, 4) is 11.5 Å². The van der Waals surface area contributed by atoms with Crippen molar-refractivity contribution in [3.63, 3.8) is 0 Å². The molecule has 0 atom stereocenters. The fourth-order valence-corrected chi connectivity index (χ4v) is 3.09. The Morgan fingerprint density at radius 3 is 2.47 bits per heavy atom. The van der Waals surface area contributed by atoms with Crippen LogP contribution in [0, 0.1) is 0 Å². The first-order valence-electron chi connectivity index (χ1n) is 9.58. The van der Waals surface area contributed by atoms with Gasteiger partial charge in [-0.1, -0.05) is 23.7 Å². The minimum absolute atomic E-state index is 0.0592. The highest BCUT2D eigenvalue weighted by Gasteiger charge is 2.17. The number of nitrogens with one attached hydrogen (secondary N) is 1. The van der Waals surface area contributed by atoms with Crippen LogP contribution < -0.4 is 14.8 Å². The first-order chi connectivity index (χ1) is 15.4. The molecule has 0 saturated carbocycles. The van der Waals surface area contributed by atoms with Crippen LogP contribution in [0.5, 0.6) is 11.5 Å². The molecular formula is C22H22ClN3O6. The summed E-state index contributed by atoms with van der Waals surface area (Å²) in [6.45, 7) is 0.940. The summed E-state index contributed by atoms with van der Waals surface area (Å²) in [7, 11) is 3.13. The lowest BCUT2D eigenvalue weighted by Crippen LogP contribution is -2.13. The molecule has 1 heterocycles. The van der Waals surface area contributed by atoms with Gasteiger partial charge in [-0.2, -0.15) is 5.10 Å². The first kappa shape index (κ1) is 23.1. The van der Waals surface area contributed by atoms with Gasteiger partial charge >= 0.3 is 5.97 Å². The number of nitrogens with zero attached hydrogens (tertiary/aromatic N) is 2. The Morgan fingerprint density at radius 1 is 1.09 bits per heavy atom. The van der Waals surface area contributed by atoms with Crippen molar-refractivity contribution in [3.05, 3.63) is 70.4 Å². The van der Waals surface area contributed by atoms with Gasteiger partial charge in [-0.15, -0.1) is 0 Å². The van der Waals surface area contributed by atoms with Crippen molar-refractivity contribution in [1.29, 1.82) is 0 Å². The third-order valence-corrected chi connectivity index (χ3v) is 4.77. The van der Waals surface area contributed by atoms with Crippen LogP contribution in [-0.4, -0.2) is 54.2 Å². The standard InChI is InChI=1S/C22H22ClN3O6/c1-30-9-10-32-19-8-5-15(11-17(19)23)21(27)24-20-12-18(22(28)29)26(25-20)13-14-3-6-16(31-2)7-4-14/h3-8,11-12H,9-10,13H2,1-2H3,(H,28,29)(H,24,25,27). The van der Waals surface area contributed by atoms with Crippen LogP contribution in [0.1, 0.15) is 26.4 Å². The van der Waals surface area contributed by atoms with E-state index >= 15 is 0 Å². The van der Waals surface area contributed by atoms with Gasteiger partial charge in [0.2, 0.25) is 0 Å². The quantitative estimate of drug-likeness (QED) is 0.446. The van der Waals surface area contributed by atoms with Crippen LogP contribution in [0.15, 0.2) is 48.5 Å². The Hall–Kier alpha value is -3.56. The van der Waals surface area contributed by atoms with Crippen molar-refractivity contribution >= 4 is 29.3 Å². The molecule has 0 unspecified atom stereocenters. The van der Waals surface area contributed by atoms with E-state index < -0.39 is 11.9 Å². The fourth-order valence-electron chi connectivity index (χ4n) is 2.86. The summed E-state index contributed by atoms with van der Waals surface area (Å²) in [6, 6.07) is 13.1. The number of halogens is 1. The lowest BCUT2D eigenvalue weighted by atomic mass is 10.2. The van der Waals surface area contributed by atoms with Crippen molar-refractivity contribution < 1.29 is 28.9 Å². The molecule has 1 aromatic heterocycles. The minimum atomic E-state index is -1.16. The molecule has 0 aliphatic carbocycles. The van der Waals surface area contributed by atoms with Crippen LogP contribution in [0.4, 0.5) is 5.82 Å². The predicted molar refractivity (Wildman–Crippen MR) is 118 cm³/mol. The van der Waals surface area contributed by atoms with Gasteiger partial charge in [0.1, 0.15) is 23.8 Å². The Balaban J connectivity index is 1.74. The summed E-state index contributed by atoms with van der Waals surface area (Å²) in [6.07, 6.45) is 0. The molecule has 0 bridgehead atoms. The maximum Gasteiger partial charge on any atom is 0.354 e. The molecule has 10 heteroatoms. The number of amides is 1. The molecule has 3 rings (SSSR count). The van der Waals surface area contributed by atoms with Gasteiger partial charge < -0.3 is 24.6 Å². The maximum atomic E-state index is 12.6. The zero-order valence-electron chi connectivity index (χ0n) is 17.5. The number of carboxylic acids is 1. The predicted octanol–water partition coefficient (Wildman–Crippen LogP) is 3.57. The van der Waals surface area contributed by atoms with E-state index in [1.165, 1.54) is 16.8 Å². The largest absolute Gasteiger partial charge is 0.497 e. The molecule has 168 valence electrons. The summed E-state index contributed by atoms with van der Waals surface area (Å²) in [5, 5.41) is 16.6. The van der Waals surface area contributed by atoms with E-state index in [1.807, 2.05) is 12.1 Å². The van der Waals surface area contributed by atoms with Crippen molar-refractivity contribution in [2.24, 2.45) is 0 Å². The first-order valence-corrected chi connectivity index (χ1v) is 9.95. The lowest BCUT2D eigenvalue weighted by molar-refractivity contribution is 0.0683. The molecule has 0 saturated heterocycles. The molecule has 0 radical (unpaired) electrons. The van der Waals surface area contributed by atoms with Crippen molar-refractivity contribution in [2.45, 2.75) is 6.54 Å². The van der Waals surface area contributed by atoms with E-state index in [9.17, 15) is 14.7 Å². The molecule has 0 aliphatic heterocycles. The van der Waals surface area contributed by atoms with Gasteiger partial charge in [0.05, 0.1) is 25.3 Å². The molecule has 2 aromatic carbocycles. The average Bonchev–Trinajstić information content (AvgIpc) is 3.17. The van der Waals surface area contributed by atoms with Gasteiger partial charge in [0.25, 0.3) is 5.91 Å². The van der Waals surface area contributed by atoms with Crippen LogP contribution in [0.2, 0.25) is 5.02 Å². The third kappa shape index (κ3) is 5.77. The monoisotopic (exact) mass is 459 g/mol. The number of methoxy groups -OCH3 is 2. The van der Waals surface area contributed by atoms with Crippen molar-refractivity contribution in [1.82, 2.24) is 9.78 Å². The number of carbonyl (C=O) groups excluding carboxylic acids is 1. The number of carboxylic acid groups (broad SMARTS) is 1. The number of ether oxygens (including phenoxy) is 3. The number of aromatic nitrogens is 2. The van der Waals surface area contributed by atoms with Gasteiger partial charge in [-0.05, 0) is 35.9 Å². The maximum absolute atomic E-state index is 12.6. The van der Waals surface area contributed by atoms with E-state index in [0.717, 1.165) is 5.56 Å². The van der Waals surface area contributed by atoms with Gasteiger partial charge in [-0.3, -0.25) is 9.48 Å². The summed E-state index contributed by atoms with van der Waals surface area (Å²) >= 11 is 6.19. The van der Waals surface area contributed by atoms with Crippen LogP contribution >= 0.6 is 11.6 Å². The van der Waals surface area contributed by atoms with Crippen molar-refractivity contribution in [2.75, 3.05) is 32.8 Å². The van der Waals surface area contributed by atoms with E-state index in [1.54, 1.807) is 38.5 Å². The number of carbonyl (C=O) groups is 2. The second-order valence-corrected chi connectivity index (χ2v) is 7.07. The van der Waals surface area contributed by atoms with E-state index in [2.05, 4.69) is 10.4 Å². The highest BCUT2D eigenvalue weighted by atomic mass is 35.5. The Kier molecular flexibility index (Phi) is 7.69. The Bertz CT molecular complexity index is 1100. The second-order valence-electron chi connectivity index (χ2n) is 6.67. The minimum Gasteiger partial charge on any atom is -0.497 e. The molecule has 3 aromatic rings. The normalized spacial score (nSPS) is 10.6. The Morgan fingerprint density at radius 2 is 1.84 bits per heavy atom. The Labute approximate surface area is 189 Å². The summed E-state index contributed by atoms with van der Waals surface area (Å²) in [5.41, 5.74) is 1.04. The van der Waals surface area contributed by atoms with Gasteiger partial charge in [0.15, 0.2) is 5.82 Å². The number of benzene rings is 2. The highest BCUT2D eigenvalue weighted by molar-refractivity contribution is 6.32. The molecule has 1 amide bonds. The van der Waals surface area contributed by atoms with E-state index in [4.69, 9.17) is 25.8 Å². The number of anilines is 1. The number of hydrogen-bond donors (Lipinski definition) is 2. The van der Waals surface area contributed by atoms with Gasteiger partial charge in [0, 0.05) is 18.7 Å². The molecular weight excluding hydrogens is 438 g/mol. The second kappa shape index (κ2) is 10.7. The SMILES string of the molecule is COCCOc1ccc(C(=O)Nc2cc(C(=O)O)n(Cc3ccc(OC)cc3)n2)cc1Cl. The fraction of sp³-hybridized carbons (Fsp3) is 0.227. The van der Waals surface area contributed by atoms with Crippen LogP contribution in [0.3, 0.4) is 0 Å². The smallest absolute Gasteiger partial charge is 0.354 e. The molecule has 2 N–H and O–H groups in total. The zero-order valence-corrected chi connectivity index (χ0v) is 18.3. The van der Waals surface area contributed by atoms with Crippen LogP contribution in [-0.2, 0) is 11.3 Å². The number of aromatic carboxylic acids is 1. The lowest BCUT2D eigenvalue weighted by Gasteiger charge is -2.09. The molecule has 0 fully saturated rings. The summed E-state index contributed by atoms with van der Waals surface area (Å²) in [4.78, 5) is 24.3. The molecule has 0 aliphatic rings.